The molecule has 0 saturated carbocycles. The Labute approximate surface area is 228 Å². The van der Waals surface area contributed by atoms with Gasteiger partial charge in [0.15, 0.2) is 0 Å². The van der Waals surface area contributed by atoms with Gasteiger partial charge in [-0.25, -0.2) is 0 Å². The van der Waals surface area contributed by atoms with Crippen LogP contribution in [0.4, 0.5) is 0 Å². The first-order chi connectivity index (χ1) is 18.7. The minimum atomic E-state index is -0.303. The van der Waals surface area contributed by atoms with Crippen LogP contribution in [-0.2, 0) is 35.4 Å². The van der Waals surface area contributed by atoms with Crippen LogP contribution in [0, 0.1) is 0 Å². The largest absolute Gasteiger partial charge is 0.352 e. The number of nitrogens with one attached hydrogen (secondary N) is 2. The van der Waals surface area contributed by atoms with Crippen molar-refractivity contribution in [1.82, 2.24) is 20.6 Å². The van der Waals surface area contributed by atoms with E-state index in [9.17, 15) is 9.59 Å². The summed E-state index contributed by atoms with van der Waals surface area (Å²) in [5.74, 6) is 0.522. The third-order valence-corrected chi connectivity index (χ3v) is 7.40. The number of pyridine rings is 2. The Morgan fingerprint density at radius 1 is 0.711 bits per heavy atom. The SMILES string of the molecule is O=C(Cc1cccnc1)N[C@H](CS[C@H](Cc1ccccc1)C(=O)NCc1cccnc1)Cc1ccccc1. The first-order valence-corrected chi connectivity index (χ1v) is 13.7. The molecular weight excluding hydrogens is 492 g/mol. The highest BCUT2D eigenvalue weighted by Gasteiger charge is 2.23. The van der Waals surface area contributed by atoms with Crippen molar-refractivity contribution in [3.8, 4) is 0 Å². The number of amides is 2. The minimum Gasteiger partial charge on any atom is -0.352 e. The molecule has 194 valence electrons. The van der Waals surface area contributed by atoms with Gasteiger partial charge in [0.2, 0.25) is 11.8 Å². The van der Waals surface area contributed by atoms with Gasteiger partial charge in [0.05, 0.1) is 11.7 Å². The molecule has 0 spiro atoms. The van der Waals surface area contributed by atoms with Crippen molar-refractivity contribution in [2.24, 2.45) is 0 Å². The smallest absolute Gasteiger partial charge is 0.233 e. The summed E-state index contributed by atoms with van der Waals surface area (Å²) >= 11 is 1.58. The maximum atomic E-state index is 13.3. The Balaban J connectivity index is 1.44. The fourth-order valence-electron chi connectivity index (χ4n) is 4.11. The molecule has 2 heterocycles. The van der Waals surface area contributed by atoms with E-state index >= 15 is 0 Å². The Morgan fingerprint density at radius 3 is 1.89 bits per heavy atom. The van der Waals surface area contributed by atoms with Crippen LogP contribution in [-0.4, -0.2) is 38.8 Å². The van der Waals surface area contributed by atoms with Crippen molar-refractivity contribution in [3.05, 3.63) is 132 Å². The zero-order valence-electron chi connectivity index (χ0n) is 21.2. The van der Waals surface area contributed by atoms with Gasteiger partial charge >= 0.3 is 0 Å². The fraction of sp³-hybridized carbons (Fsp3) is 0.226. The second kappa shape index (κ2) is 14.7. The molecule has 7 heteroatoms. The van der Waals surface area contributed by atoms with Crippen molar-refractivity contribution >= 4 is 23.6 Å². The quantitative estimate of drug-likeness (QED) is 0.271. The lowest BCUT2D eigenvalue weighted by molar-refractivity contribution is -0.121. The number of carbonyl (C=O) groups excluding carboxylic acids is 2. The van der Waals surface area contributed by atoms with Crippen LogP contribution in [0.2, 0.25) is 0 Å². The van der Waals surface area contributed by atoms with E-state index in [1.165, 1.54) is 0 Å². The van der Waals surface area contributed by atoms with Crippen molar-refractivity contribution in [3.63, 3.8) is 0 Å². The van der Waals surface area contributed by atoms with Gasteiger partial charge in [-0.15, -0.1) is 11.8 Å². The van der Waals surface area contributed by atoms with Crippen LogP contribution in [0.15, 0.2) is 110 Å². The molecule has 0 saturated heterocycles. The second-order valence-electron chi connectivity index (χ2n) is 9.08. The van der Waals surface area contributed by atoms with Crippen LogP contribution in [0.25, 0.3) is 0 Å². The van der Waals surface area contributed by atoms with Gasteiger partial charge in [0.25, 0.3) is 0 Å². The molecule has 0 aliphatic heterocycles. The van der Waals surface area contributed by atoms with Gasteiger partial charge < -0.3 is 10.6 Å². The van der Waals surface area contributed by atoms with Gasteiger partial charge in [-0.2, -0.15) is 0 Å². The third-order valence-electron chi connectivity index (χ3n) is 6.02. The highest BCUT2D eigenvalue weighted by molar-refractivity contribution is 8.00. The predicted molar refractivity (Wildman–Crippen MR) is 152 cm³/mol. The maximum absolute atomic E-state index is 13.3. The van der Waals surface area contributed by atoms with Crippen LogP contribution >= 0.6 is 11.8 Å². The molecule has 0 bridgehead atoms. The number of hydrogen-bond acceptors (Lipinski definition) is 5. The molecular formula is C31H32N4O2S. The number of rotatable bonds is 13. The number of nitrogens with zero attached hydrogens (tertiary/aromatic N) is 2. The molecule has 2 N–H and O–H groups in total. The second-order valence-corrected chi connectivity index (χ2v) is 10.3. The molecule has 6 nitrogen and oxygen atoms in total. The first kappa shape index (κ1) is 27.1. The van der Waals surface area contributed by atoms with Crippen molar-refractivity contribution in [2.75, 3.05) is 5.75 Å². The summed E-state index contributed by atoms with van der Waals surface area (Å²) in [5, 5.41) is 5.97. The van der Waals surface area contributed by atoms with Gasteiger partial charge in [0, 0.05) is 43.1 Å². The van der Waals surface area contributed by atoms with E-state index in [1.54, 1.807) is 36.5 Å². The molecule has 2 amide bonds. The van der Waals surface area contributed by atoms with Crippen molar-refractivity contribution < 1.29 is 9.59 Å². The summed E-state index contributed by atoms with van der Waals surface area (Å²) in [6, 6.07) is 27.5. The van der Waals surface area contributed by atoms with Gasteiger partial charge in [-0.05, 0) is 47.2 Å². The number of hydrogen-bond donors (Lipinski definition) is 2. The predicted octanol–water partition coefficient (Wildman–Crippen LogP) is 4.41. The highest BCUT2D eigenvalue weighted by atomic mass is 32.2. The Kier molecular flexibility index (Phi) is 10.5. The molecule has 0 unspecified atom stereocenters. The summed E-state index contributed by atoms with van der Waals surface area (Å²) in [6.45, 7) is 0.424. The molecule has 2 aromatic heterocycles. The summed E-state index contributed by atoms with van der Waals surface area (Å²) in [5.41, 5.74) is 4.06. The Bertz CT molecular complexity index is 1260. The van der Waals surface area contributed by atoms with E-state index < -0.39 is 0 Å². The van der Waals surface area contributed by atoms with Crippen LogP contribution in [0.1, 0.15) is 22.3 Å². The lowest BCUT2D eigenvalue weighted by Gasteiger charge is -2.22. The number of thioether (sulfide) groups is 1. The third kappa shape index (κ3) is 9.16. The zero-order valence-corrected chi connectivity index (χ0v) is 22.0. The molecule has 0 aliphatic carbocycles. The summed E-state index contributed by atoms with van der Waals surface area (Å²) in [4.78, 5) is 34.5. The highest BCUT2D eigenvalue weighted by Crippen LogP contribution is 2.20. The van der Waals surface area contributed by atoms with E-state index in [0.29, 0.717) is 25.1 Å². The van der Waals surface area contributed by atoms with E-state index in [1.807, 2.05) is 72.8 Å². The number of aromatic nitrogens is 2. The summed E-state index contributed by atoms with van der Waals surface area (Å²) in [7, 11) is 0. The summed E-state index contributed by atoms with van der Waals surface area (Å²) in [6.07, 6.45) is 8.44. The van der Waals surface area contributed by atoms with Crippen molar-refractivity contribution in [2.45, 2.75) is 37.1 Å². The van der Waals surface area contributed by atoms with Crippen molar-refractivity contribution in [1.29, 1.82) is 0 Å². The molecule has 0 aliphatic rings. The number of carbonyl (C=O) groups is 2. The van der Waals surface area contributed by atoms with Crippen LogP contribution in [0.5, 0.6) is 0 Å². The van der Waals surface area contributed by atoms with E-state index in [2.05, 4.69) is 32.7 Å². The molecule has 38 heavy (non-hydrogen) atoms. The standard InChI is InChI=1S/C31H32N4O2S/c36-30(19-26-13-7-15-32-20-26)35-28(17-24-9-3-1-4-10-24)23-38-29(18-25-11-5-2-6-12-25)31(37)34-22-27-14-8-16-33-21-27/h1-16,20-21,28-29H,17-19,22-23H2,(H,34,37)(H,35,36)/t28-,29+/m0/s1. The monoisotopic (exact) mass is 524 g/mol. The molecule has 4 aromatic rings. The molecule has 2 aromatic carbocycles. The van der Waals surface area contributed by atoms with E-state index in [-0.39, 0.29) is 29.5 Å². The van der Waals surface area contributed by atoms with Crippen LogP contribution < -0.4 is 10.6 Å². The molecule has 2 atom stereocenters. The molecule has 0 radical (unpaired) electrons. The Morgan fingerprint density at radius 2 is 1.29 bits per heavy atom. The topological polar surface area (TPSA) is 84.0 Å². The normalized spacial score (nSPS) is 12.3. The van der Waals surface area contributed by atoms with E-state index in [0.717, 1.165) is 22.3 Å². The lowest BCUT2D eigenvalue weighted by atomic mass is 10.1. The molecule has 0 fully saturated rings. The average molecular weight is 525 g/mol. The number of benzene rings is 2. The van der Waals surface area contributed by atoms with Gasteiger partial charge in [0.1, 0.15) is 0 Å². The lowest BCUT2D eigenvalue weighted by Crippen LogP contribution is -2.41. The van der Waals surface area contributed by atoms with Gasteiger partial charge in [-0.1, -0.05) is 72.8 Å². The van der Waals surface area contributed by atoms with Gasteiger partial charge in [-0.3, -0.25) is 19.6 Å². The molecule has 4 rings (SSSR count). The minimum absolute atomic E-state index is 0.0251. The first-order valence-electron chi connectivity index (χ1n) is 12.7. The Hall–Kier alpha value is -3.97. The summed E-state index contributed by atoms with van der Waals surface area (Å²) < 4.78 is 0. The maximum Gasteiger partial charge on any atom is 0.233 e. The van der Waals surface area contributed by atoms with Crippen LogP contribution in [0.3, 0.4) is 0 Å². The average Bonchev–Trinajstić information content (AvgIpc) is 2.96. The van der Waals surface area contributed by atoms with E-state index in [4.69, 9.17) is 0 Å². The zero-order chi connectivity index (χ0) is 26.4. The fourth-order valence-corrected chi connectivity index (χ4v) is 5.32.